The normalized spacial score (nSPS) is 26.0. The number of hydrogen-bond acceptors (Lipinski definition) is 4. The van der Waals surface area contributed by atoms with Crippen LogP contribution in [0.1, 0.15) is 19.3 Å². The summed E-state index contributed by atoms with van der Waals surface area (Å²) >= 11 is 0. The fourth-order valence-electron chi connectivity index (χ4n) is 2.33. The molecule has 0 unspecified atom stereocenters. The summed E-state index contributed by atoms with van der Waals surface area (Å²) in [6.45, 7) is 5.79. The lowest BCUT2D eigenvalue weighted by Gasteiger charge is -2.28. The summed E-state index contributed by atoms with van der Waals surface area (Å²) in [6.07, 6.45) is 3.10. The van der Waals surface area contributed by atoms with E-state index in [1.165, 1.54) is 12.8 Å². The first-order chi connectivity index (χ1) is 7.34. The summed E-state index contributed by atoms with van der Waals surface area (Å²) in [7, 11) is 0. The Hall–Kier alpha value is -0.610. The van der Waals surface area contributed by atoms with E-state index in [4.69, 9.17) is 4.74 Å². The number of rotatable bonds is 2. The first kappa shape index (κ1) is 10.9. The molecule has 86 valence electrons. The maximum Gasteiger partial charge on any atom is 0.307 e. The molecule has 0 saturated carbocycles. The van der Waals surface area contributed by atoms with Crippen molar-refractivity contribution >= 4 is 5.97 Å². The van der Waals surface area contributed by atoms with Crippen LogP contribution in [0.25, 0.3) is 0 Å². The molecule has 2 aliphatic heterocycles. The number of ether oxygens (including phenoxy) is 1. The number of nitrogens with zero attached hydrogens (tertiary/aromatic N) is 1. The van der Waals surface area contributed by atoms with E-state index in [9.17, 15) is 4.79 Å². The van der Waals surface area contributed by atoms with E-state index >= 15 is 0 Å². The van der Waals surface area contributed by atoms with Crippen molar-refractivity contribution in [1.29, 1.82) is 0 Å². The molecule has 0 aromatic heterocycles. The van der Waals surface area contributed by atoms with E-state index in [1.54, 1.807) is 0 Å². The molecule has 0 aromatic rings. The Bertz CT molecular complexity index is 215. The van der Waals surface area contributed by atoms with Crippen LogP contribution < -0.4 is 5.32 Å². The third kappa shape index (κ3) is 3.47. The van der Waals surface area contributed by atoms with Gasteiger partial charge in [0, 0.05) is 19.6 Å². The number of nitrogens with one attached hydrogen (secondary N) is 1. The quantitative estimate of drug-likeness (QED) is 0.666. The summed E-state index contributed by atoms with van der Waals surface area (Å²) in [5, 5.41) is 3.37. The maximum absolute atomic E-state index is 11.1. The predicted molar refractivity (Wildman–Crippen MR) is 57.6 cm³/mol. The van der Waals surface area contributed by atoms with E-state index in [-0.39, 0.29) is 5.97 Å². The second kappa shape index (κ2) is 5.47. The van der Waals surface area contributed by atoms with Gasteiger partial charge in [0.2, 0.25) is 0 Å². The van der Waals surface area contributed by atoms with Crippen LogP contribution in [0.5, 0.6) is 0 Å². The van der Waals surface area contributed by atoms with Crippen molar-refractivity contribution in [3.05, 3.63) is 0 Å². The minimum atomic E-state index is -0.0391. The van der Waals surface area contributed by atoms with Gasteiger partial charge < -0.3 is 10.1 Å². The summed E-state index contributed by atoms with van der Waals surface area (Å²) in [5.74, 6) is 0.766. The molecule has 0 atom stereocenters. The molecular formula is C11H20N2O2. The molecule has 2 heterocycles. The van der Waals surface area contributed by atoms with Crippen molar-refractivity contribution in [3.63, 3.8) is 0 Å². The van der Waals surface area contributed by atoms with Crippen LogP contribution in [-0.4, -0.2) is 50.2 Å². The number of cyclic esters (lactones) is 1. The smallest absolute Gasteiger partial charge is 0.307 e. The van der Waals surface area contributed by atoms with Gasteiger partial charge in [-0.15, -0.1) is 0 Å². The topological polar surface area (TPSA) is 41.6 Å². The SMILES string of the molecule is O=C1CCN(CC2CCNCC2)CCO1. The zero-order chi connectivity index (χ0) is 10.5. The first-order valence-electron chi connectivity index (χ1n) is 5.93. The lowest BCUT2D eigenvalue weighted by atomic mass is 9.97. The van der Waals surface area contributed by atoms with Crippen LogP contribution in [-0.2, 0) is 9.53 Å². The molecule has 0 spiro atoms. The van der Waals surface area contributed by atoms with Crippen LogP contribution in [0.2, 0.25) is 0 Å². The standard InChI is InChI=1S/C11H20N2O2/c14-11-3-6-13(7-8-15-11)9-10-1-4-12-5-2-10/h10,12H,1-9H2. The number of piperidine rings is 1. The Labute approximate surface area is 91.0 Å². The second-order valence-electron chi connectivity index (χ2n) is 4.46. The van der Waals surface area contributed by atoms with Gasteiger partial charge in [-0.3, -0.25) is 9.69 Å². The zero-order valence-electron chi connectivity index (χ0n) is 9.21. The molecule has 0 radical (unpaired) electrons. The van der Waals surface area contributed by atoms with Crippen LogP contribution in [0.3, 0.4) is 0 Å². The average molecular weight is 212 g/mol. The lowest BCUT2D eigenvalue weighted by molar-refractivity contribution is -0.142. The van der Waals surface area contributed by atoms with Crippen molar-refractivity contribution in [1.82, 2.24) is 10.2 Å². The van der Waals surface area contributed by atoms with Crippen LogP contribution >= 0.6 is 0 Å². The average Bonchev–Trinajstić information content (AvgIpc) is 2.46. The van der Waals surface area contributed by atoms with Gasteiger partial charge in [0.15, 0.2) is 0 Å². The van der Waals surface area contributed by atoms with Crippen molar-refractivity contribution in [2.75, 3.05) is 39.3 Å². The molecule has 0 amide bonds. The van der Waals surface area contributed by atoms with Gasteiger partial charge in [-0.25, -0.2) is 0 Å². The molecule has 2 aliphatic rings. The van der Waals surface area contributed by atoms with Gasteiger partial charge >= 0.3 is 5.97 Å². The molecule has 2 fully saturated rings. The monoisotopic (exact) mass is 212 g/mol. The highest BCUT2D eigenvalue weighted by Crippen LogP contribution is 2.14. The highest BCUT2D eigenvalue weighted by Gasteiger charge is 2.19. The molecule has 0 aliphatic carbocycles. The number of carbonyl (C=O) groups excluding carboxylic acids is 1. The Balaban J connectivity index is 1.75. The Morgan fingerprint density at radius 1 is 1.33 bits per heavy atom. The molecule has 4 nitrogen and oxygen atoms in total. The molecular weight excluding hydrogens is 192 g/mol. The van der Waals surface area contributed by atoms with Gasteiger partial charge in [0.1, 0.15) is 6.61 Å². The van der Waals surface area contributed by atoms with Crippen molar-refractivity contribution in [2.24, 2.45) is 5.92 Å². The zero-order valence-corrected chi connectivity index (χ0v) is 9.21. The molecule has 0 bridgehead atoms. The predicted octanol–water partition coefficient (Wildman–Crippen LogP) is 0.235. The first-order valence-corrected chi connectivity index (χ1v) is 5.93. The summed E-state index contributed by atoms with van der Waals surface area (Å²) in [6, 6.07) is 0. The minimum absolute atomic E-state index is 0.0391. The summed E-state index contributed by atoms with van der Waals surface area (Å²) in [5.41, 5.74) is 0. The maximum atomic E-state index is 11.1. The van der Waals surface area contributed by atoms with Gasteiger partial charge in [-0.1, -0.05) is 0 Å². The van der Waals surface area contributed by atoms with Gasteiger partial charge in [0.25, 0.3) is 0 Å². The second-order valence-corrected chi connectivity index (χ2v) is 4.46. The minimum Gasteiger partial charge on any atom is -0.464 e. The van der Waals surface area contributed by atoms with Gasteiger partial charge in [-0.2, -0.15) is 0 Å². The molecule has 1 N–H and O–H groups in total. The Morgan fingerprint density at radius 2 is 2.13 bits per heavy atom. The van der Waals surface area contributed by atoms with Crippen molar-refractivity contribution in [2.45, 2.75) is 19.3 Å². The number of esters is 1. The number of carbonyl (C=O) groups is 1. The highest BCUT2D eigenvalue weighted by atomic mass is 16.5. The highest BCUT2D eigenvalue weighted by molar-refractivity contribution is 5.69. The van der Waals surface area contributed by atoms with Crippen molar-refractivity contribution < 1.29 is 9.53 Å². The fourth-order valence-corrected chi connectivity index (χ4v) is 2.33. The van der Waals surface area contributed by atoms with E-state index in [0.717, 1.165) is 38.6 Å². The fraction of sp³-hybridized carbons (Fsp3) is 0.909. The van der Waals surface area contributed by atoms with E-state index in [0.29, 0.717) is 13.0 Å². The van der Waals surface area contributed by atoms with Crippen molar-refractivity contribution in [3.8, 4) is 0 Å². The van der Waals surface area contributed by atoms with E-state index < -0.39 is 0 Å². The number of hydrogen-bond donors (Lipinski definition) is 1. The van der Waals surface area contributed by atoms with Gasteiger partial charge in [-0.05, 0) is 31.8 Å². The van der Waals surface area contributed by atoms with Crippen LogP contribution in [0.4, 0.5) is 0 Å². The molecule has 4 heteroatoms. The Morgan fingerprint density at radius 3 is 2.93 bits per heavy atom. The Kier molecular flexibility index (Phi) is 3.97. The molecule has 15 heavy (non-hydrogen) atoms. The molecule has 2 rings (SSSR count). The summed E-state index contributed by atoms with van der Waals surface area (Å²) in [4.78, 5) is 13.4. The van der Waals surface area contributed by atoms with Gasteiger partial charge in [0.05, 0.1) is 6.42 Å². The lowest BCUT2D eigenvalue weighted by Crippen LogP contribution is -2.37. The largest absolute Gasteiger partial charge is 0.464 e. The van der Waals surface area contributed by atoms with E-state index in [2.05, 4.69) is 10.2 Å². The third-order valence-electron chi connectivity index (χ3n) is 3.28. The van der Waals surface area contributed by atoms with E-state index in [1.807, 2.05) is 0 Å². The summed E-state index contributed by atoms with van der Waals surface area (Å²) < 4.78 is 5.03. The van der Waals surface area contributed by atoms with Crippen LogP contribution in [0, 0.1) is 5.92 Å². The van der Waals surface area contributed by atoms with Crippen LogP contribution in [0.15, 0.2) is 0 Å². The third-order valence-corrected chi connectivity index (χ3v) is 3.28. The molecule has 0 aromatic carbocycles. The molecule has 2 saturated heterocycles.